The second-order valence-corrected chi connectivity index (χ2v) is 10.3. The Balaban J connectivity index is 1.30. The highest BCUT2D eigenvalue weighted by atomic mass is 35.5. The molecule has 6 rings (SSSR count). The van der Waals surface area contributed by atoms with Gasteiger partial charge in [0.25, 0.3) is 5.91 Å². The molecule has 0 aliphatic carbocycles. The number of hydrogen-bond donors (Lipinski definition) is 2. The largest absolute Gasteiger partial charge is 0.378 e. The van der Waals surface area contributed by atoms with Gasteiger partial charge in [-0.25, -0.2) is 15.9 Å². The van der Waals surface area contributed by atoms with E-state index in [2.05, 4.69) is 21.3 Å². The summed E-state index contributed by atoms with van der Waals surface area (Å²) in [4.78, 5) is 23.6. The number of aryl methyl sites for hydroxylation is 1. The van der Waals surface area contributed by atoms with Crippen LogP contribution < -0.4 is 11.6 Å². The first-order valence-corrected chi connectivity index (χ1v) is 12.8. The molecule has 5 aromatic rings. The highest BCUT2D eigenvalue weighted by Gasteiger charge is 2.34. The summed E-state index contributed by atoms with van der Waals surface area (Å²) < 4.78 is 3.87. The van der Waals surface area contributed by atoms with E-state index in [9.17, 15) is 4.79 Å². The lowest BCUT2D eigenvalue weighted by molar-refractivity contribution is -0.129. The highest BCUT2D eigenvalue weighted by Crippen LogP contribution is 2.37. The van der Waals surface area contributed by atoms with Crippen LogP contribution in [0.25, 0.3) is 38.9 Å². The Morgan fingerprint density at radius 1 is 1.15 bits per heavy atom. The Hall–Kier alpha value is -4.19. The number of likely N-dealkylation sites (tertiary alicyclic amines) is 1. The zero-order valence-corrected chi connectivity index (χ0v) is 22.6. The van der Waals surface area contributed by atoms with Crippen molar-refractivity contribution >= 4 is 51.5 Å². The van der Waals surface area contributed by atoms with Gasteiger partial charge < -0.3 is 15.0 Å². The predicted molar refractivity (Wildman–Crippen MR) is 151 cm³/mol. The summed E-state index contributed by atoms with van der Waals surface area (Å²) in [6.45, 7) is 2.94. The Morgan fingerprint density at radius 2 is 1.90 bits per heavy atom. The highest BCUT2D eigenvalue weighted by molar-refractivity contribution is 6.39. The van der Waals surface area contributed by atoms with E-state index in [4.69, 9.17) is 39.8 Å². The molecule has 0 atom stereocenters. The van der Waals surface area contributed by atoms with E-state index in [-0.39, 0.29) is 17.8 Å². The quantitative estimate of drug-likeness (QED) is 0.148. The minimum atomic E-state index is -0.355. The van der Waals surface area contributed by atoms with Crippen LogP contribution in [-0.4, -0.2) is 66.0 Å². The molecule has 1 amide bonds. The summed E-state index contributed by atoms with van der Waals surface area (Å²) in [5.41, 5.74) is 11.5. The van der Waals surface area contributed by atoms with Crippen LogP contribution in [0.2, 0.25) is 10.0 Å². The normalized spacial score (nSPS) is 14.3. The predicted octanol–water partition coefficient (Wildman–Crippen LogP) is 3.49. The molecule has 0 radical (unpaired) electrons. The van der Waals surface area contributed by atoms with Crippen molar-refractivity contribution in [2.75, 3.05) is 20.1 Å². The van der Waals surface area contributed by atoms with E-state index in [1.165, 1.54) is 7.05 Å². The minimum absolute atomic E-state index is 0.0316. The standard InChI is InChI=1S/C26H24Cl2N10O/c1-14-23(22-19(27)4-3-5-20(22)28)33-25-18-8-15(9-31-21(18)6-7-37(14)25)16-10-32-38(11-16)17-12-36(13-17)26(39)24(29)34-35(2)30/h3-11,17H,12-13,30H2,1-2H3,(H2,29,34). The third-order valence-corrected chi connectivity index (χ3v) is 7.46. The topological polar surface area (TPSA) is 136 Å². The van der Waals surface area contributed by atoms with E-state index in [1.54, 1.807) is 23.2 Å². The van der Waals surface area contributed by atoms with Crippen molar-refractivity contribution in [3.05, 3.63) is 70.9 Å². The number of rotatable bonds is 4. The molecule has 1 aromatic carbocycles. The summed E-state index contributed by atoms with van der Waals surface area (Å²) >= 11 is 13.0. The van der Waals surface area contributed by atoms with Gasteiger partial charge in [0.1, 0.15) is 5.65 Å². The van der Waals surface area contributed by atoms with Crippen molar-refractivity contribution in [2.45, 2.75) is 13.0 Å². The monoisotopic (exact) mass is 562 g/mol. The second-order valence-electron chi connectivity index (χ2n) is 9.44. The Kier molecular flexibility index (Phi) is 6.13. The van der Waals surface area contributed by atoms with Gasteiger partial charge in [0.15, 0.2) is 0 Å². The molecular weight excluding hydrogens is 539 g/mol. The van der Waals surface area contributed by atoms with Crippen molar-refractivity contribution in [1.82, 2.24) is 34.2 Å². The second kappa shape index (κ2) is 9.53. The van der Waals surface area contributed by atoms with Gasteiger partial charge in [0.05, 0.1) is 33.5 Å². The lowest BCUT2D eigenvalue weighted by atomic mass is 10.1. The molecule has 1 aliphatic rings. The fourth-order valence-corrected chi connectivity index (χ4v) is 5.36. The molecule has 13 heteroatoms. The van der Waals surface area contributed by atoms with Crippen LogP contribution in [0, 0.1) is 6.92 Å². The van der Waals surface area contributed by atoms with Gasteiger partial charge in [0.2, 0.25) is 5.84 Å². The van der Waals surface area contributed by atoms with Crippen molar-refractivity contribution in [2.24, 2.45) is 16.7 Å². The first kappa shape index (κ1) is 25.1. The van der Waals surface area contributed by atoms with Crippen LogP contribution >= 0.6 is 23.2 Å². The number of fused-ring (bicyclic) bond motifs is 3. The van der Waals surface area contributed by atoms with Crippen molar-refractivity contribution < 1.29 is 4.79 Å². The summed E-state index contributed by atoms with van der Waals surface area (Å²) in [7, 11) is 1.50. The average molecular weight is 563 g/mol. The number of hydrazone groups is 1. The number of hydrogen-bond acceptors (Lipinski definition) is 7. The first-order valence-electron chi connectivity index (χ1n) is 12.1. The van der Waals surface area contributed by atoms with Gasteiger partial charge in [-0.15, -0.1) is 5.10 Å². The molecule has 4 N–H and O–H groups in total. The molecule has 39 heavy (non-hydrogen) atoms. The van der Waals surface area contributed by atoms with Gasteiger partial charge in [0, 0.05) is 66.5 Å². The van der Waals surface area contributed by atoms with Crippen molar-refractivity contribution in [3.8, 4) is 22.4 Å². The van der Waals surface area contributed by atoms with Crippen molar-refractivity contribution in [1.29, 1.82) is 0 Å². The minimum Gasteiger partial charge on any atom is -0.378 e. The maximum absolute atomic E-state index is 12.4. The SMILES string of the molecule is Cc1c(-c2c(Cl)cccc2Cl)nc2c3cc(-c4cnn(C5CN(C(=O)/C(N)=N/N(C)N)C5)c4)cnc3ccn12. The molecule has 1 aliphatic heterocycles. The third kappa shape index (κ3) is 4.34. The molecule has 198 valence electrons. The number of carbonyl (C=O) groups excluding carboxylic acids is 1. The fraction of sp³-hybridized carbons (Fsp3) is 0.192. The molecular formula is C26H24Cl2N10O. The smallest absolute Gasteiger partial charge is 0.291 e. The molecule has 0 unspecified atom stereocenters. The number of nitrogens with two attached hydrogens (primary N) is 2. The molecule has 4 aromatic heterocycles. The van der Waals surface area contributed by atoms with E-state index in [0.29, 0.717) is 28.7 Å². The Bertz CT molecular complexity index is 1760. The molecule has 11 nitrogen and oxygen atoms in total. The number of carbonyl (C=O) groups is 1. The van der Waals surface area contributed by atoms with Crippen LogP contribution in [0.15, 0.2) is 60.2 Å². The van der Waals surface area contributed by atoms with Crippen molar-refractivity contribution in [3.63, 3.8) is 0 Å². The number of amides is 1. The summed E-state index contributed by atoms with van der Waals surface area (Å²) in [6, 6.07) is 9.47. The van der Waals surface area contributed by atoms with E-state index in [0.717, 1.165) is 44.2 Å². The van der Waals surface area contributed by atoms with Crippen LogP contribution in [0.1, 0.15) is 11.7 Å². The average Bonchev–Trinajstić information content (AvgIpc) is 3.48. The van der Waals surface area contributed by atoms with Gasteiger partial charge in [-0.2, -0.15) is 5.10 Å². The van der Waals surface area contributed by atoms with Gasteiger partial charge in [-0.1, -0.05) is 29.3 Å². The first-order chi connectivity index (χ1) is 18.7. The number of imidazole rings is 1. The number of benzene rings is 1. The maximum Gasteiger partial charge on any atom is 0.291 e. The maximum atomic E-state index is 12.4. The zero-order valence-electron chi connectivity index (χ0n) is 21.1. The lowest BCUT2D eigenvalue weighted by Crippen LogP contribution is -2.54. The summed E-state index contributed by atoms with van der Waals surface area (Å²) in [6.07, 6.45) is 7.51. The van der Waals surface area contributed by atoms with Gasteiger partial charge >= 0.3 is 0 Å². The molecule has 1 fully saturated rings. The molecule has 0 bridgehead atoms. The van der Waals surface area contributed by atoms with Crippen LogP contribution in [0.4, 0.5) is 0 Å². The number of amidine groups is 1. The molecule has 0 saturated carbocycles. The van der Waals surface area contributed by atoms with E-state index in [1.807, 2.05) is 46.7 Å². The lowest BCUT2D eigenvalue weighted by Gasteiger charge is -2.38. The third-order valence-electron chi connectivity index (χ3n) is 6.83. The number of pyridine rings is 2. The molecule has 0 spiro atoms. The van der Waals surface area contributed by atoms with Crippen LogP contribution in [0.5, 0.6) is 0 Å². The Morgan fingerprint density at radius 3 is 2.62 bits per heavy atom. The number of halogens is 2. The number of aromatic nitrogens is 5. The van der Waals surface area contributed by atoms with E-state index < -0.39 is 0 Å². The number of hydrazine groups is 1. The zero-order chi connectivity index (χ0) is 27.4. The molecule has 1 saturated heterocycles. The van der Waals surface area contributed by atoms with Gasteiger partial charge in [-0.3, -0.25) is 14.5 Å². The van der Waals surface area contributed by atoms with E-state index >= 15 is 0 Å². The van der Waals surface area contributed by atoms with Crippen LogP contribution in [-0.2, 0) is 4.79 Å². The number of nitrogens with zero attached hydrogens (tertiary/aromatic N) is 8. The summed E-state index contributed by atoms with van der Waals surface area (Å²) in [5.74, 6) is 4.93. The van der Waals surface area contributed by atoms with Gasteiger partial charge in [-0.05, 0) is 31.2 Å². The fourth-order valence-electron chi connectivity index (χ4n) is 4.79. The van der Waals surface area contributed by atoms with Crippen LogP contribution in [0.3, 0.4) is 0 Å². The Labute approximate surface area is 233 Å². The summed E-state index contributed by atoms with van der Waals surface area (Å²) in [5, 5.41) is 11.3. The molecule has 5 heterocycles.